The van der Waals surface area contributed by atoms with Crippen molar-refractivity contribution < 1.29 is 20.1 Å². The third kappa shape index (κ3) is 3.04. The van der Waals surface area contributed by atoms with Gasteiger partial charge < -0.3 is 15.3 Å². The molecule has 0 heterocycles. The number of aliphatic hydroxyl groups is 2. The Bertz CT molecular complexity index is 578. The van der Waals surface area contributed by atoms with Crippen LogP contribution in [0.4, 0.5) is 0 Å². The summed E-state index contributed by atoms with van der Waals surface area (Å²) >= 11 is 0. The first-order chi connectivity index (χ1) is 9.81. The van der Waals surface area contributed by atoms with Gasteiger partial charge in [0.1, 0.15) is 0 Å². The second-order valence-electron chi connectivity index (χ2n) is 6.04. The molecule has 0 aromatic heterocycles. The van der Waals surface area contributed by atoms with Crippen molar-refractivity contribution in [1.82, 2.24) is 0 Å². The number of hydrogen-bond donors (Lipinski definition) is 3. The topological polar surface area (TPSA) is 77.8 Å². The van der Waals surface area contributed by atoms with E-state index < -0.39 is 11.9 Å². The van der Waals surface area contributed by atoms with Gasteiger partial charge in [-0.2, -0.15) is 0 Å². The average molecular weight is 290 g/mol. The molecule has 2 aliphatic rings. The summed E-state index contributed by atoms with van der Waals surface area (Å²) in [6.07, 6.45) is 5.96. The summed E-state index contributed by atoms with van der Waals surface area (Å²) in [5.41, 5.74) is 2.78. The van der Waals surface area contributed by atoms with E-state index in [2.05, 4.69) is 0 Å². The van der Waals surface area contributed by atoms with Crippen molar-refractivity contribution in [2.75, 3.05) is 0 Å². The number of rotatable bonds is 3. The van der Waals surface area contributed by atoms with Crippen molar-refractivity contribution >= 4 is 5.97 Å². The molecule has 0 bridgehead atoms. The zero-order valence-corrected chi connectivity index (χ0v) is 12.6. The first kappa shape index (κ1) is 15.4. The van der Waals surface area contributed by atoms with Crippen LogP contribution in [0.25, 0.3) is 0 Å². The first-order valence-corrected chi connectivity index (χ1v) is 7.22. The third-order valence-corrected chi connectivity index (χ3v) is 4.63. The first-order valence-electron chi connectivity index (χ1n) is 7.22. The fraction of sp³-hybridized carbons (Fsp3) is 0.471. The Morgan fingerprint density at radius 1 is 1.19 bits per heavy atom. The molecule has 0 spiro atoms. The van der Waals surface area contributed by atoms with Gasteiger partial charge in [-0.05, 0) is 30.9 Å². The number of aliphatic carboxylic acids is 1. The van der Waals surface area contributed by atoms with Crippen LogP contribution >= 0.6 is 0 Å². The Morgan fingerprint density at radius 3 is 2.48 bits per heavy atom. The van der Waals surface area contributed by atoms with Crippen molar-refractivity contribution in [3.63, 3.8) is 0 Å². The average Bonchev–Trinajstić information content (AvgIpc) is 2.44. The van der Waals surface area contributed by atoms with E-state index in [1.807, 2.05) is 26.8 Å². The van der Waals surface area contributed by atoms with Gasteiger partial charge >= 0.3 is 5.97 Å². The Balaban J connectivity index is 2.28. The summed E-state index contributed by atoms with van der Waals surface area (Å²) in [4.78, 5) is 11.4. The smallest absolute Gasteiger partial charge is 0.311 e. The minimum atomic E-state index is -0.909. The molecule has 4 nitrogen and oxygen atoms in total. The van der Waals surface area contributed by atoms with Crippen molar-refractivity contribution in [3.8, 4) is 0 Å². The van der Waals surface area contributed by atoms with Crippen LogP contribution in [-0.2, 0) is 4.79 Å². The third-order valence-electron chi connectivity index (χ3n) is 4.63. The summed E-state index contributed by atoms with van der Waals surface area (Å²) in [5, 5.41) is 28.8. The molecule has 21 heavy (non-hydrogen) atoms. The van der Waals surface area contributed by atoms with Gasteiger partial charge in [-0.25, -0.2) is 0 Å². The molecule has 3 unspecified atom stereocenters. The van der Waals surface area contributed by atoms with Gasteiger partial charge in [-0.15, -0.1) is 0 Å². The van der Waals surface area contributed by atoms with Crippen LogP contribution < -0.4 is 0 Å². The van der Waals surface area contributed by atoms with Crippen LogP contribution in [0.3, 0.4) is 0 Å². The molecule has 114 valence electrons. The summed E-state index contributed by atoms with van der Waals surface area (Å²) in [6, 6.07) is 0. The fourth-order valence-electron chi connectivity index (χ4n) is 3.00. The van der Waals surface area contributed by atoms with Crippen LogP contribution in [0.15, 0.2) is 46.5 Å². The maximum absolute atomic E-state index is 11.4. The van der Waals surface area contributed by atoms with Crippen molar-refractivity contribution in [3.05, 3.63) is 46.5 Å². The maximum Gasteiger partial charge on any atom is 0.311 e. The number of aliphatic hydroxyl groups excluding tert-OH is 2. The molecule has 0 radical (unpaired) electrons. The van der Waals surface area contributed by atoms with Gasteiger partial charge in [0, 0.05) is 12.3 Å². The number of carboxylic acid groups (broad SMARTS) is 1. The maximum atomic E-state index is 11.4. The molecule has 2 aliphatic carbocycles. The van der Waals surface area contributed by atoms with Gasteiger partial charge in [0.15, 0.2) is 0 Å². The van der Waals surface area contributed by atoms with E-state index in [9.17, 15) is 20.1 Å². The standard InChI is InChI=1S/C17H22O4/c1-9-6-13(10(2)11(3)16(9)19)7-12-4-5-14(18)8-15(12)17(20)21/h4-6,10-11,15,18-19H,7-8H2,1-3H3,(H,20,21). The van der Waals surface area contributed by atoms with Crippen LogP contribution in [0.5, 0.6) is 0 Å². The minimum absolute atomic E-state index is 0.0430. The Morgan fingerprint density at radius 2 is 1.86 bits per heavy atom. The summed E-state index contributed by atoms with van der Waals surface area (Å²) in [5.74, 6) is -0.841. The van der Waals surface area contributed by atoms with Crippen molar-refractivity contribution in [1.29, 1.82) is 0 Å². The zero-order chi connectivity index (χ0) is 15.7. The Labute approximate surface area is 124 Å². The molecular weight excluding hydrogens is 268 g/mol. The minimum Gasteiger partial charge on any atom is -0.512 e. The van der Waals surface area contributed by atoms with Gasteiger partial charge in [0.25, 0.3) is 0 Å². The predicted octanol–water partition coefficient (Wildman–Crippen LogP) is 3.89. The molecule has 0 aromatic rings. The molecule has 4 heteroatoms. The van der Waals surface area contributed by atoms with Gasteiger partial charge in [0.05, 0.1) is 17.4 Å². The lowest BCUT2D eigenvalue weighted by atomic mass is 9.76. The lowest BCUT2D eigenvalue weighted by Gasteiger charge is -2.30. The van der Waals surface area contributed by atoms with Gasteiger partial charge in [0.2, 0.25) is 0 Å². The number of carboxylic acids is 1. The monoisotopic (exact) mass is 290 g/mol. The zero-order valence-electron chi connectivity index (χ0n) is 12.6. The van der Waals surface area contributed by atoms with E-state index in [4.69, 9.17) is 0 Å². The Hall–Kier alpha value is -1.97. The van der Waals surface area contributed by atoms with Crippen LogP contribution in [0.2, 0.25) is 0 Å². The van der Waals surface area contributed by atoms with E-state index in [1.54, 1.807) is 12.2 Å². The van der Waals surface area contributed by atoms with E-state index in [-0.39, 0.29) is 24.0 Å². The Kier molecular flexibility index (Phi) is 4.26. The van der Waals surface area contributed by atoms with Crippen LogP contribution in [0.1, 0.15) is 33.6 Å². The second kappa shape index (κ2) is 5.80. The van der Waals surface area contributed by atoms with Crippen molar-refractivity contribution in [2.24, 2.45) is 17.8 Å². The molecule has 2 rings (SSSR count). The molecule has 0 fully saturated rings. The molecule has 0 aromatic carbocycles. The molecule has 0 aliphatic heterocycles. The van der Waals surface area contributed by atoms with E-state index in [0.29, 0.717) is 12.2 Å². The SMILES string of the molecule is CC1=C(O)C(C)C(C)C(CC2=CC=C(O)CC2C(=O)O)=C1. The number of carbonyl (C=O) groups is 1. The molecule has 0 saturated carbocycles. The largest absolute Gasteiger partial charge is 0.512 e. The summed E-state index contributed by atoms with van der Waals surface area (Å²) in [6.45, 7) is 5.89. The van der Waals surface area contributed by atoms with E-state index in [1.165, 1.54) is 0 Å². The number of hydrogen-bond acceptors (Lipinski definition) is 3. The van der Waals surface area contributed by atoms with E-state index in [0.717, 1.165) is 16.7 Å². The van der Waals surface area contributed by atoms with Crippen LogP contribution in [-0.4, -0.2) is 21.3 Å². The molecular formula is C17H22O4. The predicted molar refractivity (Wildman–Crippen MR) is 80.9 cm³/mol. The summed E-state index contributed by atoms with van der Waals surface area (Å²) in [7, 11) is 0. The fourth-order valence-corrected chi connectivity index (χ4v) is 3.00. The lowest BCUT2D eigenvalue weighted by molar-refractivity contribution is -0.140. The van der Waals surface area contributed by atoms with Crippen molar-refractivity contribution in [2.45, 2.75) is 33.6 Å². The van der Waals surface area contributed by atoms with Gasteiger partial charge in [-0.1, -0.05) is 37.1 Å². The highest BCUT2D eigenvalue weighted by Gasteiger charge is 2.30. The summed E-state index contributed by atoms with van der Waals surface area (Å²) < 4.78 is 0. The highest BCUT2D eigenvalue weighted by atomic mass is 16.4. The molecule has 3 N–H and O–H groups in total. The molecule has 0 saturated heterocycles. The molecule has 0 amide bonds. The second-order valence-corrected chi connectivity index (χ2v) is 6.04. The lowest BCUT2D eigenvalue weighted by Crippen LogP contribution is -2.23. The highest BCUT2D eigenvalue weighted by Crippen LogP contribution is 2.38. The molecule has 3 atom stereocenters. The van der Waals surface area contributed by atoms with E-state index >= 15 is 0 Å². The van der Waals surface area contributed by atoms with Crippen LogP contribution in [0, 0.1) is 17.8 Å². The quantitative estimate of drug-likeness (QED) is 0.736. The highest BCUT2D eigenvalue weighted by molar-refractivity contribution is 5.75. The van der Waals surface area contributed by atoms with Gasteiger partial charge in [-0.3, -0.25) is 4.79 Å². The number of allylic oxidation sites excluding steroid dienone is 7. The normalized spacial score (nSPS) is 29.7.